The number of likely N-dealkylation sites (tertiary alicyclic amines) is 1. The standard InChI is InChI=1S/C15H24N2/c1-15(2)8-3-9-17(12-15)11-14-6-4-13(10-16)5-7-14/h4-7H,3,8-12,16H2,1-2H3. The maximum Gasteiger partial charge on any atom is 0.0233 e. The Kier molecular flexibility index (Phi) is 3.85. The summed E-state index contributed by atoms with van der Waals surface area (Å²) in [6.45, 7) is 8.91. The van der Waals surface area contributed by atoms with Crippen LogP contribution in [0.2, 0.25) is 0 Å². The molecule has 0 saturated carbocycles. The quantitative estimate of drug-likeness (QED) is 0.868. The molecule has 2 nitrogen and oxygen atoms in total. The summed E-state index contributed by atoms with van der Waals surface area (Å²) in [5.74, 6) is 0. The first-order chi connectivity index (χ1) is 8.09. The second-order valence-electron chi connectivity index (χ2n) is 6.00. The molecular formula is C15H24N2. The Labute approximate surface area is 105 Å². The molecule has 0 amide bonds. The predicted molar refractivity (Wildman–Crippen MR) is 72.6 cm³/mol. The molecule has 1 heterocycles. The van der Waals surface area contributed by atoms with Crippen molar-refractivity contribution in [3.8, 4) is 0 Å². The minimum atomic E-state index is 0.482. The highest BCUT2D eigenvalue weighted by Crippen LogP contribution is 2.29. The van der Waals surface area contributed by atoms with Crippen LogP contribution in [-0.2, 0) is 13.1 Å². The number of hydrogen-bond acceptors (Lipinski definition) is 2. The van der Waals surface area contributed by atoms with Crippen LogP contribution in [0.25, 0.3) is 0 Å². The van der Waals surface area contributed by atoms with Crippen molar-refractivity contribution in [2.24, 2.45) is 11.1 Å². The van der Waals surface area contributed by atoms with Crippen LogP contribution in [0.5, 0.6) is 0 Å². The third-order valence-electron chi connectivity index (χ3n) is 3.64. The zero-order valence-electron chi connectivity index (χ0n) is 11.1. The summed E-state index contributed by atoms with van der Waals surface area (Å²) in [6, 6.07) is 8.71. The molecule has 2 rings (SSSR count). The summed E-state index contributed by atoms with van der Waals surface area (Å²) >= 11 is 0. The van der Waals surface area contributed by atoms with Gasteiger partial charge in [0.1, 0.15) is 0 Å². The molecule has 0 spiro atoms. The monoisotopic (exact) mass is 232 g/mol. The van der Waals surface area contributed by atoms with Crippen LogP contribution in [0.3, 0.4) is 0 Å². The van der Waals surface area contributed by atoms with Crippen LogP contribution in [0, 0.1) is 5.41 Å². The molecule has 0 radical (unpaired) electrons. The lowest BCUT2D eigenvalue weighted by molar-refractivity contribution is 0.111. The summed E-state index contributed by atoms with van der Waals surface area (Å²) in [5, 5.41) is 0. The SMILES string of the molecule is CC1(C)CCCN(Cc2ccc(CN)cc2)C1. The van der Waals surface area contributed by atoms with Gasteiger partial charge in [-0.15, -0.1) is 0 Å². The van der Waals surface area contributed by atoms with Crippen molar-refractivity contribution in [1.29, 1.82) is 0 Å². The molecular weight excluding hydrogens is 208 g/mol. The first-order valence-corrected chi connectivity index (χ1v) is 6.59. The average molecular weight is 232 g/mol. The minimum absolute atomic E-state index is 0.482. The van der Waals surface area contributed by atoms with E-state index in [4.69, 9.17) is 5.73 Å². The minimum Gasteiger partial charge on any atom is -0.326 e. The molecule has 0 atom stereocenters. The molecule has 2 heteroatoms. The Morgan fingerprint density at radius 1 is 1.18 bits per heavy atom. The van der Waals surface area contributed by atoms with E-state index in [1.54, 1.807) is 0 Å². The lowest BCUT2D eigenvalue weighted by Crippen LogP contribution is -2.39. The van der Waals surface area contributed by atoms with Gasteiger partial charge in [0.25, 0.3) is 0 Å². The van der Waals surface area contributed by atoms with Crippen LogP contribution in [0.15, 0.2) is 24.3 Å². The molecule has 0 bridgehead atoms. The fourth-order valence-electron chi connectivity index (χ4n) is 2.72. The number of nitrogens with zero attached hydrogens (tertiary/aromatic N) is 1. The van der Waals surface area contributed by atoms with Crippen LogP contribution < -0.4 is 5.73 Å². The normalized spacial score (nSPS) is 20.4. The summed E-state index contributed by atoms with van der Waals surface area (Å²) in [5.41, 5.74) is 8.71. The van der Waals surface area contributed by atoms with Gasteiger partial charge in [0.05, 0.1) is 0 Å². The highest BCUT2D eigenvalue weighted by molar-refractivity contribution is 5.22. The number of hydrogen-bond donors (Lipinski definition) is 1. The Hall–Kier alpha value is -0.860. The molecule has 1 aliphatic heterocycles. The summed E-state index contributed by atoms with van der Waals surface area (Å²) in [4.78, 5) is 2.57. The van der Waals surface area contributed by atoms with Gasteiger partial charge >= 0.3 is 0 Å². The molecule has 0 aromatic heterocycles. The molecule has 0 aliphatic carbocycles. The van der Waals surface area contributed by atoms with Crippen molar-refractivity contribution in [2.45, 2.75) is 39.8 Å². The molecule has 94 valence electrons. The van der Waals surface area contributed by atoms with Crippen molar-refractivity contribution < 1.29 is 0 Å². The van der Waals surface area contributed by atoms with Crippen molar-refractivity contribution in [2.75, 3.05) is 13.1 Å². The van der Waals surface area contributed by atoms with Gasteiger partial charge in [-0.1, -0.05) is 38.1 Å². The molecule has 17 heavy (non-hydrogen) atoms. The highest BCUT2D eigenvalue weighted by atomic mass is 15.1. The lowest BCUT2D eigenvalue weighted by Gasteiger charge is -2.38. The third-order valence-corrected chi connectivity index (χ3v) is 3.64. The fourth-order valence-corrected chi connectivity index (χ4v) is 2.72. The van der Waals surface area contributed by atoms with Crippen LogP contribution in [0.1, 0.15) is 37.8 Å². The van der Waals surface area contributed by atoms with Crippen LogP contribution in [0.4, 0.5) is 0 Å². The second kappa shape index (κ2) is 5.19. The topological polar surface area (TPSA) is 29.3 Å². The maximum absolute atomic E-state index is 5.61. The number of benzene rings is 1. The van der Waals surface area contributed by atoms with E-state index in [0.29, 0.717) is 12.0 Å². The molecule has 2 N–H and O–H groups in total. The van der Waals surface area contributed by atoms with Crippen molar-refractivity contribution >= 4 is 0 Å². The second-order valence-corrected chi connectivity index (χ2v) is 6.00. The predicted octanol–water partition coefficient (Wildman–Crippen LogP) is 2.77. The number of rotatable bonds is 3. The number of nitrogens with two attached hydrogens (primary N) is 1. The van der Waals surface area contributed by atoms with Crippen LogP contribution >= 0.6 is 0 Å². The number of piperidine rings is 1. The van der Waals surface area contributed by atoms with E-state index in [0.717, 1.165) is 6.54 Å². The molecule has 1 aromatic carbocycles. The Bertz CT molecular complexity index is 354. The molecule has 1 aliphatic rings. The summed E-state index contributed by atoms with van der Waals surface area (Å²) in [7, 11) is 0. The summed E-state index contributed by atoms with van der Waals surface area (Å²) in [6.07, 6.45) is 2.68. The van der Waals surface area contributed by atoms with E-state index in [-0.39, 0.29) is 0 Å². The van der Waals surface area contributed by atoms with Crippen LogP contribution in [-0.4, -0.2) is 18.0 Å². The van der Waals surface area contributed by atoms with Gasteiger partial charge in [-0.3, -0.25) is 4.90 Å². The zero-order valence-corrected chi connectivity index (χ0v) is 11.1. The largest absolute Gasteiger partial charge is 0.326 e. The van der Waals surface area contributed by atoms with E-state index in [1.165, 1.54) is 37.1 Å². The zero-order chi connectivity index (χ0) is 12.3. The van der Waals surface area contributed by atoms with Gasteiger partial charge in [0.2, 0.25) is 0 Å². The molecule has 0 unspecified atom stereocenters. The summed E-state index contributed by atoms with van der Waals surface area (Å²) < 4.78 is 0. The first kappa shape index (κ1) is 12.6. The highest BCUT2D eigenvalue weighted by Gasteiger charge is 2.25. The first-order valence-electron chi connectivity index (χ1n) is 6.59. The van der Waals surface area contributed by atoms with Gasteiger partial charge in [-0.2, -0.15) is 0 Å². The van der Waals surface area contributed by atoms with Crippen molar-refractivity contribution in [3.05, 3.63) is 35.4 Å². The van der Waals surface area contributed by atoms with Gasteiger partial charge in [-0.25, -0.2) is 0 Å². The van der Waals surface area contributed by atoms with Gasteiger partial charge < -0.3 is 5.73 Å². The molecule has 1 aromatic rings. The van der Waals surface area contributed by atoms with E-state index in [1.807, 2.05) is 0 Å². The van der Waals surface area contributed by atoms with Gasteiger partial charge in [-0.05, 0) is 35.9 Å². The maximum atomic E-state index is 5.61. The van der Waals surface area contributed by atoms with E-state index in [2.05, 4.69) is 43.0 Å². The average Bonchev–Trinajstić information content (AvgIpc) is 2.29. The van der Waals surface area contributed by atoms with Crippen molar-refractivity contribution in [3.63, 3.8) is 0 Å². The smallest absolute Gasteiger partial charge is 0.0233 e. The Morgan fingerprint density at radius 2 is 1.82 bits per heavy atom. The Morgan fingerprint density at radius 3 is 2.41 bits per heavy atom. The van der Waals surface area contributed by atoms with Crippen molar-refractivity contribution in [1.82, 2.24) is 4.90 Å². The van der Waals surface area contributed by atoms with E-state index >= 15 is 0 Å². The fraction of sp³-hybridized carbons (Fsp3) is 0.600. The van der Waals surface area contributed by atoms with E-state index in [9.17, 15) is 0 Å². The molecule has 1 fully saturated rings. The Balaban J connectivity index is 1.95. The van der Waals surface area contributed by atoms with Gasteiger partial charge in [0, 0.05) is 19.6 Å². The molecule has 1 saturated heterocycles. The lowest BCUT2D eigenvalue weighted by atomic mass is 9.84. The third kappa shape index (κ3) is 3.55. The van der Waals surface area contributed by atoms with Gasteiger partial charge in [0.15, 0.2) is 0 Å². The van der Waals surface area contributed by atoms with E-state index < -0.39 is 0 Å².